The molecule has 138 valence electrons. The Balaban J connectivity index is 1.50. The second-order valence-corrected chi connectivity index (χ2v) is 7.31. The van der Waals surface area contributed by atoms with E-state index in [1.54, 1.807) is 24.3 Å². The first-order valence-electron chi connectivity index (χ1n) is 8.42. The maximum Gasteiger partial charge on any atom is 0.257 e. The van der Waals surface area contributed by atoms with E-state index in [4.69, 9.17) is 16.6 Å². The van der Waals surface area contributed by atoms with Crippen LogP contribution in [0.4, 0.5) is 5.69 Å². The van der Waals surface area contributed by atoms with Gasteiger partial charge in [0.1, 0.15) is 5.52 Å². The molecule has 5 nitrogen and oxygen atoms in total. The van der Waals surface area contributed by atoms with Crippen molar-refractivity contribution in [3.63, 3.8) is 0 Å². The number of halogens is 1. The number of carbonyl (C=O) groups is 1. The maximum atomic E-state index is 12.2. The van der Waals surface area contributed by atoms with Crippen molar-refractivity contribution in [2.24, 2.45) is 0 Å². The SMILES string of the molecule is O=C(NC(=S)Nc1ccc2oc(-c3cccc(Br)c3)nc2c1)c1ccccc1. The Kier molecular flexibility index (Phi) is 5.18. The van der Waals surface area contributed by atoms with E-state index in [2.05, 4.69) is 31.5 Å². The van der Waals surface area contributed by atoms with Gasteiger partial charge < -0.3 is 9.73 Å². The topological polar surface area (TPSA) is 67.2 Å². The van der Waals surface area contributed by atoms with Crippen LogP contribution in [0.3, 0.4) is 0 Å². The van der Waals surface area contributed by atoms with Crippen LogP contribution in [-0.2, 0) is 0 Å². The number of thiocarbonyl (C=S) groups is 1. The summed E-state index contributed by atoms with van der Waals surface area (Å²) in [6.07, 6.45) is 0. The third kappa shape index (κ3) is 4.11. The summed E-state index contributed by atoms with van der Waals surface area (Å²) >= 11 is 8.69. The Labute approximate surface area is 174 Å². The van der Waals surface area contributed by atoms with Gasteiger partial charge in [0.05, 0.1) is 0 Å². The first-order valence-corrected chi connectivity index (χ1v) is 9.62. The number of aromatic nitrogens is 1. The molecule has 1 amide bonds. The van der Waals surface area contributed by atoms with E-state index < -0.39 is 0 Å². The van der Waals surface area contributed by atoms with E-state index in [-0.39, 0.29) is 11.0 Å². The Bertz CT molecular complexity index is 1170. The van der Waals surface area contributed by atoms with Gasteiger partial charge in [-0.25, -0.2) is 4.98 Å². The molecule has 28 heavy (non-hydrogen) atoms. The minimum Gasteiger partial charge on any atom is -0.436 e. The molecule has 0 saturated carbocycles. The van der Waals surface area contributed by atoms with Crippen molar-refractivity contribution in [3.8, 4) is 11.5 Å². The van der Waals surface area contributed by atoms with Gasteiger partial charge in [-0.05, 0) is 60.7 Å². The predicted octanol–water partition coefficient (Wildman–Crippen LogP) is 5.38. The molecule has 0 aliphatic carbocycles. The number of fused-ring (bicyclic) bond motifs is 1. The molecule has 0 atom stereocenters. The second kappa shape index (κ2) is 7.92. The summed E-state index contributed by atoms with van der Waals surface area (Å²) < 4.78 is 6.78. The number of carbonyl (C=O) groups excluding carboxylic acids is 1. The zero-order valence-corrected chi connectivity index (χ0v) is 16.9. The number of oxazole rings is 1. The molecule has 2 N–H and O–H groups in total. The molecular weight excluding hydrogens is 438 g/mol. The van der Waals surface area contributed by atoms with Crippen molar-refractivity contribution in [2.75, 3.05) is 5.32 Å². The summed E-state index contributed by atoms with van der Waals surface area (Å²) in [5, 5.41) is 5.88. The summed E-state index contributed by atoms with van der Waals surface area (Å²) in [6, 6.07) is 22.1. The van der Waals surface area contributed by atoms with Gasteiger partial charge in [-0.15, -0.1) is 0 Å². The number of amides is 1. The van der Waals surface area contributed by atoms with Crippen LogP contribution in [0, 0.1) is 0 Å². The molecule has 0 aliphatic heterocycles. The molecular formula is C21H14BrN3O2S. The van der Waals surface area contributed by atoms with Crippen LogP contribution in [0.15, 0.2) is 81.7 Å². The summed E-state index contributed by atoms with van der Waals surface area (Å²) in [4.78, 5) is 16.7. The molecule has 0 saturated heterocycles. The zero-order chi connectivity index (χ0) is 19.5. The minimum absolute atomic E-state index is 0.212. The number of nitrogens with one attached hydrogen (secondary N) is 2. The van der Waals surface area contributed by atoms with E-state index >= 15 is 0 Å². The summed E-state index contributed by atoms with van der Waals surface area (Å²) in [5.41, 5.74) is 3.49. The first-order chi connectivity index (χ1) is 13.6. The smallest absolute Gasteiger partial charge is 0.257 e. The van der Waals surface area contributed by atoms with Gasteiger partial charge in [0.2, 0.25) is 5.89 Å². The highest BCUT2D eigenvalue weighted by Crippen LogP contribution is 2.27. The van der Waals surface area contributed by atoms with Crippen LogP contribution in [0.25, 0.3) is 22.6 Å². The number of hydrogen-bond acceptors (Lipinski definition) is 4. The Morgan fingerprint density at radius 1 is 1.00 bits per heavy atom. The fourth-order valence-corrected chi connectivity index (χ4v) is 3.29. The van der Waals surface area contributed by atoms with Crippen LogP contribution in [0.1, 0.15) is 10.4 Å². The molecule has 0 bridgehead atoms. The fraction of sp³-hybridized carbons (Fsp3) is 0. The van der Waals surface area contributed by atoms with E-state index in [0.717, 1.165) is 10.0 Å². The van der Waals surface area contributed by atoms with Crippen molar-refractivity contribution >= 4 is 56.0 Å². The monoisotopic (exact) mass is 451 g/mol. The van der Waals surface area contributed by atoms with Crippen molar-refractivity contribution in [1.29, 1.82) is 0 Å². The van der Waals surface area contributed by atoms with Gasteiger partial charge in [0.25, 0.3) is 5.91 Å². The number of nitrogens with zero attached hydrogens (tertiary/aromatic N) is 1. The molecule has 1 heterocycles. The van der Waals surface area contributed by atoms with Crippen LogP contribution in [0.2, 0.25) is 0 Å². The third-order valence-electron chi connectivity index (χ3n) is 3.98. The summed E-state index contributed by atoms with van der Waals surface area (Å²) in [7, 11) is 0. The second-order valence-electron chi connectivity index (χ2n) is 5.99. The highest BCUT2D eigenvalue weighted by molar-refractivity contribution is 9.10. The summed E-state index contributed by atoms with van der Waals surface area (Å²) in [6.45, 7) is 0. The molecule has 1 aromatic heterocycles. The molecule has 0 radical (unpaired) electrons. The zero-order valence-electron chi connectivity index (χ0n) is 14.5. The van der Waals surface area contributed by atoms with Crippen molar-refractivity contribution in [1.82, 2.24) is 10.3 Å². The summed E-state index contributed by atoms with van der Waals surface area (Å²) in [5.74, 6) is 0.269. The van der Waals surface area contributed by atoms with Gasteiger partial charge in [-0.2, -0.15) is 0 Å². The number of hydrogen-bond donors (Lipinski definition) is 2. The van der Waals surface area contributed by atoms with Gasteiger partial charge in [0.15, 0.2) is 10.7 Å². The lowest BCUT2D eigenvalue weighted by atomic mass is 10.2. The van der Waals surface area contributed by atoms with Gasteiger partial charge in [-0.1, -0.05) is 40.2 Å². The number of benzene rings is 3. The molecule has 4 rings (SSSR count). The van der Waals surface area contributed by atoms with Crippen LogP contribution >= 0.6 is 28.1 Å². The van der Waals surface area contributed by atoms with Crippen molar-refractivity contribution < 1.29 is 9.21 Å². The number of rotatable bonds is 3. The van der Waals surface area contributed by atoms with Crippen molar-refractivity contribution in [2.45, 2.75) is 0 Å². The van der Waals surface area contributed by atoms with E-state index in [1.807, 2.05) is 48.5 Å². The van der Waals surface area contributed by atoms with Crippen LogP contribution in [-0.4, -0.2) is 16.0 Å². The normalized spacial score (nSPS) is 10.6. The largest absolute Gasteiger partial charge is 0.436 e. The lowest BCUT2D eigenvalue weighted by Gasteiger charge is -2.09. The lowest BCUT2D eigenvalue weighted by molar-refractivity contribution is 0.0977. The van der Waals surface area contributed by atoms with Crippen LogP contribution in [0.5, 0.6) is 0 Å². The first kappa shape index (κ1) is 18.3. The third-order valence-corrected chi connectivity index (χ3v) is 4.68. The number of anilines is 1. The minimum atomic E-state index is -0.266. The molecule has 0 unspecified atom stereocenters. The maximum absolute atomic E-state index is 12.2. The average molecular weight is 452 g/mol. The van der Waals surface area contributed by atoms with E-state index in [9.17, 15) is 4.79 Å². The van der Waals surface area contributed by atoms with E-state index in [0.29, 0.717) is 28.2 Å². The lowest BCUT2D eigenvalue weighted by Crippen LogP contribution is -2.34. The molecule has 0 aliphatic rings. The quantitative estimate of drug-likeness (QED) is 0.409. The van der Waals surface area contributed by atoms with Crippen molar-refractivity contribution in [3.05, 3.63) is 82.8 Å². The van der Waals surface area contributed by atoms with E-state index in [1.165, 1.54) is 0 Å². The highest BCUT2D eigenvalue weighted by atomic mass is 79.9. The molecule has 4 aromatic rings. The Hall–Kier alpha value is -3.03. The fourth-order valence-electron chi connectivity index (χ4n) is 2.68. The standard InChI is InChI=1S/C21H14BrN3O2S/c22-15-8-4-7-14(11-15)20-24-17-12-16(9-10-18(17)27-20)23-21(28)25-19(26)13-5-2-1-3-6-13/h1-12H,(H2,23,25,26,28). The molecule has 7 heteroatoms. The van der Waals surface area contributed by atoms with Gasteiger partial charge in [0, 0.05) is 21.3 Å². The molecule has 3 aromatic carbocycles. The Morgan fingerprint density at radius 2 is 1.82 bits per heavy atom. The van der Waals surface area contributed by atoms with Gasteiger partial charge in [-0.3, -0.25) is 10.1 Å². The highest BCUT2D eigenvalue weighted by Gasteiger charge is 2.11. The average Bonchev–Trinajstić information content (AvgIpc) is 3.12. The predicted molar refractivity (Wildman–Crippen MR) is 117 cm³/mol. The molecule has 0 fully saturated rings. The van der Waals surface area contributed by atoms with Crippen LogP contribution < -0.4 is 10.6 Å². The Morgan fingerprint density at radius 3 is 2.61 bits per heavy atom. The molecule has 0 spiro atoms. The van der Waals surface area contributed by atoms with Gasteiger partial charge >= 0.3 is 0 Å².